The van der Waals surface area contributed by atoms with Crippen molar-refractivity contribution in [1.82, 2.24) is 5.32 Å². The zero-order valence-corrected chi connectivity index (χ0v) is 15.4. The number of hydrogen-bond donors (Lipinski definition) is 3. The van der Waals surface area contributed by atoms with Crippen molar-refractivity contribution in [3.05, 3.63) is 65.7 Å². The van der Waals surface area contributed by atoms with Gasteiger partial charge in [-0.3, -0.25) is 4.79 Å². The highest BCUT2D eigenvalue weighted by Gasteiger charge is 2.14. The molecular weight excluding hydrogens is 370 g/mol. The van der Waals surface area contributed by atoms with Crippen LogP contribution in [-0.2, 0) is 32.7 Å². The number of nitrogens with two attached hydrogens (primary N) is 1. The van der Waals surface area contributed by atoms with Gasteiger partial charge in [0, 0.05) is 13.0 Å². The molecule has 0 unspecified atom stereocenters. The summed E-state index contributed by atoms with van der Waals surface area (Å²) in [7, 11) is -3.68. The molecule has 0 saturated heterocycles. The van der Waals surface area contributed by atoms with Gasteiger partial charge in [0.2, 0.25) is 10.0 Å². The maximum absolute atomic E-state index is 12.3. The van der Waals surface area contributed by atoms with Gasteiger partial charge >= 0.3 is 0 Å². The minimum Gasteiger partial charge on any atom is -0.508 e. The Bertz CT molecular complexity index is 881. The van der Waals surface area contributed by atoms with Gasteiger partial charge in [0.15, 0.2) is 0 Å². The molecule has 2 aromatic carbocycles. The van der Waals surface area contributed by atoms with Crippen LogP contribution in [0.25, 0.3) is 0 Å². The molecule has 9 heteroatoms. The predicted octanol–water partition coefficient (Wildman–Crippen LogP) is 0.912. The number of rotatable bonds is 9. The lowest BCUT2D eigenvalue weighted by Gasteiger charge is -2.08. The highest BCUT2D eigenvalue weighted by atomic mass is 32.2. The summed E-state index contributed by atoms with van der Waals surface area (Å²) in [6, 6.07) is 15.6. The van der Waals surface area contributed by atoms with Gasteiger partial charge in [0.1, 0.15) is 18.1 Å². The molecule has 4 N–H and O–H groups in total. The molecule has 1 amide bonds. The fourth-order valence-corrected chi connectivity index (χ4v) is 2.52. The van der Waals surface area contributed by atoms with E-state index in [1.54, 1.807) is 12.1 Å². The maximum atomic E-state index is 12.3. The van der Waals surface area contributed by atoms with Crippen LogP contribution in [0, 0.1) is 0 Å². The summed E-state index contributed by atoms with van der Waals surface area (Å²) in [5.74, 6) is -0.828. The number of amides is 1. The van der Waals surface area contributed by atoms with Crippen molar-refractivity contribution in [2.75, 3.05) is 12.3 Å². The Balaban J connectivity index is 2.05. The van der Waals surface area contributed by atoms with Crippen LogP contribution >= 0.6 is 0 Å². The van der Waals surface area contributed by atoms with E-state index in [4.69, 9.17) is 9.98 Å². The Morgan fingerprint density at radius 1 is 1.07 bits per heavy atom. The molecule has 0 heterocycles. The molecule has 27 heavy (non-hydrogen) atoms. The SMILES string of the molecule is NS(=O)(=O)CCNC(=O)/C(Cc1ccc(O)cc1)=N/OCc1ccccc1. The first-order chi connectivity index (χ1) is 12.8. The van der Waals surface area contributed by atoms with Crippen LogP contribution in [0.2, 0.25) is 0 Å². The summed E-state index contributed by atoms with van der Waals surface area (Å²) < 4.78 is 22.0. The van der Waals surface area contributed by atoms with E-state index in [0.717, 1.165) is 11.1 Å². The van der Waals surface area contributed by atoms with Crippen LogP contribution < -0.4 is 10.5 Å². The summed E-state index contributed by atoms with van der Waals surface area (Å²) in [5, 5.41) is 20.7. The van der Waals surface area contributed by atoms with Gasteiger partial charge in [-0.25, -0.2) is 13.6 Å². The summed E-state index contributed by atoms with van der Waals surface area (Å²) in [6.07, 6.45) is 0.149. The van der Waals surface area contributed by atoms with E-state index in [9.17, 15) is 18.3 Å². The molecule has 0 fully saturated rings. The first-order valence-electron chi connectivity index (χ1n) is 8.13. The molecule has 2 rings (SSSR count). The number of carbonyl (C=O) groups excluding carboxylic acids is 1. The maximum Gasteiger partial charge on any atom is 0.269 e. The van der Waals surface area contributed by atoms with Crippen molar-refractivity contribution in [2.45, 2.75) is 13.0 Å². The molecule has 0 aliphatic rings. The molecule has 2 aromatic rings. The third-order valence-corrected chi connectivity index (χ3v) is 4.26. The molecule has 0 saturated carbocycles. The third kappa shape index (κ3) is 7.89. The van der Waals surface area contributed by atoms with E-state index in [-0.39, 0.29) is 36.8 Å². The highest BCUT2D eigenvalue weighted by Crippen LogP contribution is 2.11. The first-order valence-corrected chi connectivity index (χ1v) is 9.84. The minimum absolute atomic E-state index is 0.0750. The van der Waals surface area contributed by atoms with E-state index in [1.165, 1.54) is 12.1 Å². The van der Waals surface area contributed by atoms with Gasteiger partial charge in [0.25, 0.3) is 5.91 Å². The zero-order valence-electron chi connectivity index (χ0n) is 14.5. The molecule has 0 aromatic heterocycles. The molecule has 0 atom stereocenters. The van der Waals surface area contributed by atoms with E-state index in [1.807, 2.05) is 30.3 Å². The number of benzene rings is 2. The molecular formula is C18H21N3O5S. The lowest BCUT2D eigenvalue weighted by atomic mass is 10.1. The summed E-state index contributed by atoms with van der Waals surface area (Å²) >= 11 is 0. The van der Waals surface area contributed by atoms with Crippen LogP contribution in [0.5, 0.6) is 5.75 Å². The normalized spacial score (nSPS) is 11.8. The van der Waals surface area contributed by atoms with Crippen molar-refractivity contribution in [3.63, 3.8) is 0 Å². The monoisotopic (exact) mass is 391 g/mol. The number of nitrogens with one attached hydrogen (secondary N) is 1. The predicted molar refractivity (Wildman–Crippen MR) is 101 cm³/mol. The Labute approximate surface area is 157 Å². The standard InChI is InChI=1S/C18H21N3O5S/c19-27(24,25)11-10-20-18(23)17(12-14-6-8-16(22)9-7-14)21-26-13-15-4-2-1-3-5-15/h1-9,22H,10-13H2,(H,20,23)(H2,19,24,25)/b21-17+. The average Bonchev–Trinajstić information content (AvgIpc) is 2.62. The summed E-state index contributed by atoms with van der Waals surface area (Å²) in [4.78, 5) is 17.6. The van der Waals surface area contributed by atoms with Gasteiger partial charge in [-0.1, -0.05) is 47.6 Å². The molecule has 0 radical (unpaired) electrons. The van der Waals surface area contributed by atoms with Crippen LogP contribution in [0.4, 0.5) is 0 Å². The van der Waals surface area contributed by atoms with Crippen molar-refractivity contribution in [1.29, 1.82) is 0 Å². The van der Waals surface area contributed by atoms with Crippen LogP contribution in [-0.4, -0.2) is 37.4 Å². The smallest absolute Gasteiger partial charge is 0.269 e. The number of aromatic hydroxyl groups is 1. The van der Waals surface area contributed by atoms with Crippen molar-refractivity contribution in [3.8, 4) is 5.75 Å². The van der Waals surface area contributed by atoms with Gasteiger partial charge in [0.05, 0.1) is 5.75 Å². The molecule has 0 aliphatic carbocycles. The quantitative estimate of drug-likeness (QED) is 0.432. The first kappa shape index (κ1) is 20.4. The average molecular weight is 391 g/mol. The van der Waals surface area contributed by atoms with Crippen LogP contribution in [0.3, 0.4) is 0 Å². The van der Waals surface area contributed by atoms with Crippen LogP contribution in [0.1, 0.15) is 11.1 Å². The van der Waals surface area contributed by atoms with E-state index in [0.29, 0.717) is 0 Å². The fourth-order valence-electron chi connectivity index (χ4n) is 2.13. The van der Waals surface area contributed by atoms with Crippen molar-refractivity contribution in [2.24, 2.45) is 10.3 Å². The topological polar surface area (TPSA) is 131 Å². The van der Waals surface area contributed by atoms with E-state index in [2.05, 4.69) is 10.5 Å². The molecule has 0 aliphatic heterocycles. The number of sulfonamides is 1. The molecule has 144 valence electrons. The molecule has 8 nitrogen and oxygen atoms in total. The van der Waals surface area contributed by atoms with Gasteiger partial charge in [-0.15, -0.1) is 0 Å². The second-order valence-corrected chi connectivity index (χ2v) is 7.50. The number of nitrogens with zero attached hydrogens (tertiary/aromatic N) is 1. The Morgan fingerprint density at radius 2 is 1.74 bits per heavy atom. The summed E-state index contributed by atoms with van der Waals surface area (Å²) in [5.41, 5.74) is 1.70. The van der Waals surface area contributed by atoms with Gasteiger partial charge < -0.3 is 15.3 Å². The van der Waals surface area contributed by atoms with Crippen molar-refractivity contribution >= 4 is 21.6 Å². The van der Waals surface area contributed by atoms with Gasteiger partial charge in [-0.05, 0) is 23.3 Å². The van der Waals surface area contributed by atoms with Crippen molar-refractivity contribution < 1.29 is 23.2 Å². The lowest BCUT2D eigenvalue weighted by Crippen LogP contribution is -2.36. The fraction of sp³-hybridized carbons (Fsp3) is 0.222. The Kier molecular flexibility index (Phi) is 7.33. The largest absolute Gasteiger partial charge is 0.508 e. The minimum atomic E-state index is -3.68. The lowest BCUT2D eigenvalue weighted by molar-refractivity contribution is -0.115. The summed E-state index contributed by atoms with van der Waals surface area (Å²) in [6.45, 7) is 0.0509. The second kappa shape index (κ2) is 9.70. The number of oxime groups is 1. The van der Waals surface area contributed by atoms with E-state index >= 15 is 0 Å². The number of primary sulfonamides is 1. The Morgan fingerprint density at radius 3 is 2.37 bits per heavy atom. The number of phenolic OH excluding ortho intramolecular Hbond substituents is 1. The number of phenols is 1. The molecule has 0 spiro atoms. The number of carbonyl (C=O) groups is 1. The second-order valence-electron chi connectivity index (χ2n) is 5.76. The zero-order chi connectivity index (χ0) is 19.7. The number of hydrogen-bond acceptors (Lipinski definition) is 6. The van der Waals surface area contributed by atoms with E-state index < -0.39 is 15.9 Å². The van der Waals surface area contributed by atoms with Gasteiger partial charge in [-0.2, -0.15) is 0 Å². The Hall–Kier alpha value is -2.91. The molecule has 0 bridgehead atoms. The van der Waals surface area contributed by atoms with Crippen LogP contribution in [0.15, 0.2) is 59.8 Å². The third-order valence-electron chi connectivity index (χ3n) is 3.49. The highest BCUT2D eigenvalue weighted by molar-refractivity contribution is 7.89.